The van der Waals surface area contributed by atoms with Gasteiger partial charge in [0.1, 0.15) is 13.2 Å². The Balaban J connectivity index is 4.81. The average molecular weight is 559 g/mol. The number of allylic oxidation sites excluding steroid dienone is 5. The van der Waals surface area contributed by atoms with Crippen LogP contribution in [0.5, 0.6) is 0 Å². The Morgan fingerprint density at radius 2 is 1.50 bits per heavy atom. The highest BCUT2D eigenvalue weighted by atomic mass is 31.2. The van der Waals surface area contributed by atoms with E-state index in [1.807, 2.05) is 27.2 Å². The van der Waals surface area contributed by atoms with E-state index < -0.39 is 26.6 Å². The zero-order valence-corrected chi connectivity index (χ0v) is 25.5. The summed E-state index contributed by atoms with van der Waals surface area (Å²) in [7, 11) is 1.22. The fourth-order valence-electron chi connectivity index (χ4n) is 3.48. The van der Waals surface area contributed by atoms with E-state index in [2.05, 4.69) is 43.5 Å². The zero-order valence-electron chi connectivity index (χ0n) is 24.6. The van der Waals surface area contributed by atoms with Crippen molar-refractivity contribution in [1.29, 1.82) is 0 Å². The number of likely N-dealkylation sites (N-methyl/N-ethyl adjacent to an activating group) is 1. The topological polar surface area (TPSA) is 108 Å². The van der Waals surface area contributed by atoms with E-state index in [-0.39, 0.29) is 12.5 Å². The van der Waals surface area contributed by atoms with Gasteiger partial charge in [-0.2, -0.15) is 0 Å². The molecule has 0 fully saturated rings. The van der Waals surface area contributed by atoms with Crippen LogP contribution in [0, 0.1) is 0 Å². The summed E-state index contributed by atoms with van der Waals surface area (Å²) < 4.78 is 22.8. The molecule has 0 aromatic heterocycles. The molecule has 0 bridgehead atoms. The van der Waals surface area contributed by atoms with Crippen LogP contribution in [0.3, 0.4) is 0 Å². The Morgan fingerprint density at radius 1 is 0.921 bits per heavy atom. The van der Waals surface area contributed by atoms with Gasteiger partial charge in [-0.1, -0.05) is 82.4 Å². The number of unbranched alkanes of at least 4 members (excludes halogenated alkanes) is 7. The van der Waals surface area contributed by atoms with E-state index >= 15 is 0 Å². The molecule has 0 aromatic carbocycles. The number of nitrogens with zero attached hydrogens (tertiary/aromatic N) is 1. The van der Waals surface area contributed by atoms with E-state index in [0.717, 1.165) is 57.8 Å². The molecule has 1 amide bonds. The third kappa shape index (κ3) is 23.8. The van der Waals surface area contributed by atoms with E-state index in [0.29, 0.717) is 17.4 Å². The highest BCUT2D eigenvalue weighted by molar-refractivity contribution is 7.45. The summed E-state index contributed by atoms with van der Waals surface area (Å²) in [5.41, 5.74) is 0. The van der Waals surface area contributed by atoms with E-state index in [1.54, 1.807) is 6.08 Å². The van der Waals surface area contributed by atoms with Gasteiger partial charge in [0.2, 0.25) is 5.91 Å². The van der Waals surface area contributed by atoms with Gasteiger partial charge in [-0.25, -0.2) is 0 Å². The van der Waals surface area contributed by atoms with Crippen molar-refractivity contribution in [2.24, 2.45) is 0 Å². The lowest BCUT2D eigenvalue weighted by atomic mass is 10.1. The fraction of sp³-hybridized carbons (Fsp3) is 0.759. The highest BCUT2D eigenvalue weighted by Gasteiger charge is 2.23. The Bertz CT molecular complexity index is 733. The van der Waals surface area contributed by atoms with Gasteiger partial charge in [-0.05, 0) is 38.5 Å². The summed E-state index contributed by atoms with van der Waals surface area (Å²) in [6.45, 7) is 4.36. The Morgan fingerprint density at radius 3 is 2.11 bits per heavy atom. The van der Waals surface area contributed by atoms with Gasteiger partial charge in [-0.3, -0.25) is 9.36 Å². The minimum absolute atomic E-state index is 0.00972. The Labute approximate surface area is 232 Å². The molecule has 0 aliphatic heterocycles. The first-order chi connectivity index (χ1) is 18.0. The van der Waals surface area contributed by atoms with Crippen LogP contribution in [-0.4, -0.2) is 68.5 Å². The van der Waals surface area contributed by atoms with E-state index in [1.165, 1.54) is 12.8 Å². The number of rotatable bonds is 24. The van der Waals surface area contributed by atoms with Crippen molar-refractivity contribution < 1.29 is 32.9 Å². The Hall–Kier alpha value is -1.28. The molecule has 0 aliphatic carbocycles. The molecule has 0 saturated heterocycles. The molecule has 0 radical (unpaired) electrons. The number of aliphatic hydroxyl groups is 1. The van der Waals surface area contributed by atoms with Crippen molar-refractivity contribution in [3.63, 3.8) is 0 Å². The monoisotopic (exact) mass is 558 g/mol. The number of phosphoric acid groups is 1. The number of quaternary nitrogens is 1. The number of aliphatic hydroxyl groups excluding tert-OH is 1. The number of phosphoric ester groups is 1. The third-order valence-corrected chi connectivity index (χ3v) is 6.81. The van der Waals surface area contributed by atoms with Crippen LogP contribution >= 0.6 is 7.82 Å². The molecular formula is C29H55N2O6P. The van der Waals surface area contributed by atoms with Gasteiger partial charge in [0.05, 0.1) is 39.9 Å². The predicted molar refractivity (Wildman–Crippen MR) is 155 cm³/mol. The second-order valence-electron chi connectivity index (χ2n) is 10.7. The Kier molecular flexibility index (Phi) is 21.8. The number of nitrogens with one attached hydrogen (secondary N) is 1. The SMILES string of the molecule is CC/C=C/CC/C=C/CC/C=C/C(O)C(COP(=O)([O-])OCC[N+](C)(C)C)NC(=O)CCCCCCCC. The standard InChI is InChI=1S/C29H55N2O6P/c1-6-8-10-12-14-15-16-17-18-20-22-28(32)27(30-29(33)23-21-19-13-11-9-7-2)26-37-38(34,35)36-25-24-31(3,4)5/h8,10,15-16,20,22,27-28,32H,6-7,9,11-14,17-19,21,23-26H2,1-5H3,(H-,30,33,34,35)/b10-8+,16-15+,22-20+. The number of carbonyl (C=O) groups is 1. The summed E-state index contributed by atoms with van der Waals surface area (Å²) >= 11 is 0. The molecule has 0 rings (SSSR count). The minimum Gasteiger partial charge on any atom is -0.756 e. The van der Waals surface area contributed by atoms with Crippen molar-refractivity contribution in [2.45, 2.75) is 103 Å². The summed E-state index contributed by atoms with van der Waals surface area (Å²) in [5.74, 6) is -0.228. The van der Waals surface area contributed by atoms with Crippen LogP contribution < -0.4 is 10.2 Å². The van der Waals surface area contributed by atoms with Crippen molar-refractivity contribution in [2.75, 3.05) is 40.9 Å². The maximum Gasteiger partial charge on any atom is 0.268 e. The second-order valence-corrected chi connectivity index (χ2v) is 12.1. The molecular weight excluding hydrogens is 503 g/mol. The molecule has 3 unspecified atom stereocenters. The van der Waals surface area contributed by atoms with Crippen molar-refractivity contribution in [1.82, 2.24) is 5.32 Å². The third-order valence-electron chi connectivity index (χ3n) is 5.84. The lowest BCUT2D eigenvalue weighted by Crippen LogP contribution is -2.45. The molecule has 0 aliphatic rings. The largest absolute Gasteiger partial charge is 0.756 e. The zero-order chi connectivity index (χ0) is 28.7. The first-order valence-electron chi connectivity index (χ1n) is 14.4. The van der Waals surface area contributed by atoms with Crippen molar-refractivity contribution in [3.8, 4) is 0 Å². The van der Waals surface area contributed by atoms with Crippen LogP contribution in [-0.2, 0) is 18.4 Å². The quantitative estimate of drug-likeness (QED) is 0.0708. The molecule has 0 heterocycles. The molecule has 0 spiro atoms. The lowest BCUT2D eigenvalue weighted by molar-refractivity contribution is -0.870. The molecule has 9 heteroatoms. The molecule has 38 heavy (non-hydrogen) atoms. The average Bonchev–Trinajstić information content (AvgIpc) is 2.84. The van der Waals surface area contributed by atoms with E-state index in [4.69, 9.17) is 9.05 Å². The molecule has 0 aromatic rings. The summed E-state index contributed by atoms with van der Waals surface area (Å²) in [6, 6.07) is -0.899. The number of carbonyl (C=O) groups excluding carboxylic acids is 1. The molecule has 2 N–H and O–H groups in total. The molecule has 8 nitrogen and oxygen atoms in total. The summed E-state index contributed by atoms with van der Waals surface area (Å²) in [5, 5.41) is 13.4. The van der Waals surface area contributed by atoms with E-state index in [9.17, 15) is 19.4 Å². The van der Waals surface area contributed by atoms with Crippen LogP contribution in [0.2, 0.25) is 0 Å². The molecule has 0 saturated carbocycles. The number of hydrogen-bond donors (Lipinski definition) is 2. The van der Waals surface area contributed by atoms with Crippen LogP contribution in [0.15, 0.2) is 36.5 Å². The van der Waals surface area contributed by atoms with Gasteiger partial charge in [-0.15, -0.1) is 0 Å². The maximum atomic E-state index is 12.5. The lowest BCUT2D eigenvalue weighted by Gasteiger charge is -2.29. The maximum absolute atomic E-state index is 12.5. The van der Waals surface area contributed by atoms with Crippen molar-refractivity contribution >= 4 is 13.7 Å². The van der Waals surface area contributed by atoms with Gasteiger partial charge in [0.15, 0.2) is 0 Å². The van der Waals surface area contributed by atoms with Crippen LogP contribution in [0.25, 0.3) is 0 Å². The highest BCUT2D eigenvalue weighted by Crippen LogP contribution is 2.38. The molecule has 222 valence electrons. The van der Waals surface area contributed by atoms with Gasteiger partial charge in [0, 0.05) is 6.42 Å². The normalized spacial score (nSPS) is 15.9. The first-order valence-corrected chi connectivity index (χ1v) is 15.8. The van der Waals surface area contributed by atoms with Crippen LogP contribution in [0.1, 0.15) is 90.9 Å². The second kappa shape index (κ2) is 22.5. The molecule has 3 atom stereocenters. The minimum atomic E-state index is -4.57. The van der Waals surface area contributed by atoms with Gasteiger partial charge >= 0.3 is 0 Å². The fourth-order valence-corrected chi connectivity index (χ4v) is 4.20. The number of hydrogen-bond acceptors (Lipinski definition) is 6. The summed E-state index contributed by atoms with van der Waals surface area (Å²) in [4.78, 5) is 24.7. The van der Waals surface area contributed by atoms with Crippen molar-refractivity contribution in [3.05, 3.63) is 36.5 Å². The van der Waals surface area contributed by atoms with Gasteiger partial charge in [0.25, 0.3) is 7.82 Å². The van der Waals surface area contributed by atoms with Crippen LogP contribution in [0.4, 0.5) is 0 Å². The van der Waals surface area contributed by atoms with Gasteiger partial charge < -0.3 is 28.8 Å². The number of amides is 1. The first kappa shape index (κ1) is 36.7. The predicted octanol–water partition coefficient (Wildman–Crippen LogP) is 5.43. The summed E-state index contributed by atoms with van der Waals surface area (Å²) in [6.07, 6.45) is 22.3. The smallest absolute Gasteiger partial charge is 0.268 e.